The van der Waals surface area contributed by atoms with Gasteiger partial charge in [0.05, 0.1) is 23.7 Å². The van der Waals surface area contributed by atoms with E-state index in [9.17, 15) is 30.5 Å². The Kier molecular flexibility index (Phi) is 7.56. The number of hydrogen-bond acceptors (Lipinski definition) is 10. The minimum absolute atomic E-state index is 0.0455. The van der Waals surface area contributed by atoms with Crippen LogP contribution in [0.15, 0.2) is 22.9 Å². The number of likely N-dealkylation sites (tertiary alicyclic amines) is 1. The van der Waals surface area contributed by atoms with Gasteiger partial charge in [0, 0.05) is 25.2 Å². The largest absolute Gasteiger partial charge is 0.443 e. The Hall–Kier alpha value is -2.31. The highest BCUT2D eigenvalue weighted by Gasteiger charge is 2.40. The second-order valence-electron chi connectivity index (χ2n) is 7.58. The molecule has 2 aromatic rings. The summed E-state index contributed by atoms with van der Waals surface area (Å²) in [5.74, 6) is 0. The molecule has 30 heavy (non-hydrogen) atoms. The average Bonchev–Trinajstić information content (AvgIpc) is 3.18. The lowest BCUT2D eigenvalue weighted by atomic mass is 9.94. The molecule has 11 nitrogen and oxygen atoms in total. The Bertz CT molecular complexity index is 845. The predicted octanol–water partition coefficient (Wildman–Crippen LogP) is 0.467. The highest BCUT2D eigenvalue weighted by atomic mass is 16.6. The number of rotatable bonds is 10. The summed E-state index contributed by atoms with van der Waals surface area (Å²) in [7, 11) is 0. The van der Waals surface area contributed by atoms with E-state index >= 15 is 0 Å². The second kappa shape index (κ2) is 10.1. The molecule has 3 rings (SSSR count). The number of aromatic nitrogens is 1. The van der Waals surface area contributed by atoms with Gasteiger partial charge in [0.1, 0.15) is 23.4 Å². The lowest BCUT2D eigenvalue weighted by Crippen LogP contribution is -2.62. The number of hydrogen-bond donors (Lipinski definition) is 5. The van der Waals surface area contributed by atoms with E-state index in [0.717, 1.165) is 25.7 Å². The van der Waals surface area contributed by atoms with E-state index < -0.39 is 29.3 Å². The SMILES string of the molecule is O=[N+]([O-])c1cc2ncoc2cc1NCCCCCCN1C[C@H](O)[C@@H](O)[C@H](O)[C@H]1CO. The molecular formula is C19H28N4O7. The van der Waals surface area contributed by atoms with Crippen LogP contribution in [-0.2, 0) is 0 Å². The Morgan fingerprint density at radius 1 is 1.20 bits per heavy atom. The Labute approximate surface area is 173 Å². The van der Waals surface area contributed by atoms with Crippen molar-refractivity contribution in [1.29, 1.82) is 0 Å². The summed E-state index contributed by atoms with van der Waals surface area (Å²) in [6.45, 7) is 1.07. The number of nitrogens with zero attached hydrogens (tertiary/aromatic N) is 3. The lowest BCUT2D eigenvalue weighted by Gasteiger charge is -2.43. The van der Waals surface area contributed by atoms with Crippen LogP contribution in [0.5, 0.6) is 0 Å². The van der Waals surface area contributed by atoms with E-state index in [1.54, 1.807) is 11.0 Å². The fourth-order valence-electron chi connectivity index (χ4n) is 3.84. The van der Waals surface area contributed by atoms with Crippen molar-refractivity contribution in [3.05, 3.63) is 28.6 Å². The van der Waals surface area contributed by atoms with Crippen molar-refractivity contribution < 1.29 is 29.8 Å². The van der Waals surface area contributed by atoms with Gasteiger partial charge in [-0.25, -0.2) is 4.98 Å². The monoisotopic (exact) mass is 424 g/mol. The maximum absolute atomic E-state index is 11.3. The molecule has 0 unspecified atom stereocenters. The van der Waals surface area contributed by atoms with E-state index in [-0.39, 0.29) is 18.8 Å². The van der Waals surface area contributed by atoms with Crippen molar-refractivity contribution in [3.8, 4) is 0 Å². The molecule has 4 atom stereocenters. The summed E-state index contributed by atoms with van der Waals surface area (Å²) < 4.78 is 5.20. The maximum Gasteiger partial charge on any atom is 0.294 e. The van der Waals surface area contributed by atoms with Crippen molar-refractivity contribution >= 4 is 22.5 Å². The van der Waals surface area contributed by atoms with Crippen LogP contribution in [0.25, 0.3) is 11.1 Å². The summed E-state index contributed by atoms with van der Waals surface area (Å²) in [6.07, 6.45) is 1.16. The zero-order valence-electron chi connectivity index (χ0n) is 16.6. The minimum atomic E-state index is -1.25. The number of benzene rings is 1. The molecule has 1 aromatic carbocycles. The Balaban J connectivity index is 1.40. The molecule has 0 aliphatic carbocycles. The number of piperidine rings is 1. The van der Waals surface area contributed by atoms with Gasteiger partial charge in [0.2, 0.25) is 0 Å². The topological polar surface area (TPSA) is 165 Å². The zero-order chi connectivity index (χ0) is 21.7. The Morgan fingerprint density at radius 2 is 1.97 bits per heavy atom. The van der Waals surface area contributed by atoms with Crippen LogP contribution in [0, 0.1) is 10.1 Å². The van der Waals surface area contributed by atoms with Crippen LogP contribution >= 0.6 is 0 Å². The first-order chi connectivity index (χ1) is 14.4. The molecule has 0 bridgehead atoms. The third-order valence-electron chi connectivity index (χ3n) is 5.55. The molecular weight excluding hydrogens is 396 g/mol. The maximum atomic E-state index is 11.3. The van der Waals surface area contributed by atoms with Gasteiger partial charge >= 0.3 is 0 Å². The van der Waals surface area contributed by atoms with Crippen molar-refractivity contribution in [2.24, 2.45) is 0 Å². The molecule has 11 heteroatoms. The van der Waals surface area contributed by atoms with Gasteiger partial charge in [-0.1, -0.05) is 12.8 Å². The van der Waals surface area contributed by atoms with Gasteiger partial charge in [-0.2, -0.15) is 0 Å². The zero-order valence-corrected chi connectivity index (χ0v) is 16.6. The summed E-state index contributed by atoms with van der Waals surface area (Å²) in [6, 6.07) is 2.38. The number of unbranched alkanes of at least 4 members (excludes halogenated alkanes) is 3. The number of nitrogens with one attached hydrogen (secondary N) is 1. The van der Waals surface area contributed by atoms with E-state index in [0.29, 0.717) is 29.9 Å². The predicted molar refractivity (Wildman–Crippen MR) is 108 cm³/mol. The van der Waals surface area contributed by atoms with Gasteiger partial charge in [-0.3, -0.25) is 15.0 Å². The quantitative estimate of drug-likeness (QED) is 0.205. The second-order valence-corrected chi connectivity index (χ2v) is 7.58. The molecule has 0 spiro atoms. The average molecular weight is 424 g/mol. The molecule has 1 saturated heterocycles. The number of fused-ring (bicyclic) bond motifs is 1. The molecule has 166 valence electrons. The summed E-state index contributed by atoms with van der Waals surface area (Å²) >= 11 is 0. The van der Waals surface area contributed by atoms with E-state index in [2.05, 4.69) is 10.3 Å². The standard InChI is InChI=1S/C19H28N4O7/c24-10-15-18(26)19(27)16(25)9-22(15)6-4-2-1-3-5-20-12-8-17-13(21-11-30-17)7-14(12)23(28)29/h7-8,11,15-16,18-20,24-27H,1-6,9-10H2/t15-,16+,18-,19-/m1/s1. The molecule has 1 aromatic heterocycles. The van der Waals surface area contributed by atoms with Crippen LogP contribution in [-0.4, -0.2) is 85.8 Å². The molecule has 1 fully saturated rings. The first-order valence-corrected chi connectivity index (χ1v) is 10.1. The van der Waals surface area contributed by atoms with Crippen molar-refractivity contribution in [3.63, 3.8) is 0 Å². The van der Waals surface area contributed by atoms with Gasteiger partial charge in [0.15, 0.2) is 12.0 Å². The third-order valence-corrected chi connectivity index (χ3v) is 5.55. The number of aliphatic hydroxyl groups is 4. The van der Waals surface area contributed by atoms with Gasteiger partial charge in [0.25, 0.3) is 5.69 Å². The number of nitro groups is 1. The van der Waals surface area contributed by atoms with Crippen LogP contribution < -0.4 is 5.32 Å². The van der Waals surface area contributed by atoms with Crippen LogP contribution in [0.1, 0.15) is 25.7 Å². The number of β-amino-alcohol motifs (C(OH)–C–C–N with tert-alkyl or cyclic N) is 1. The fraction of sp³-hybridized carbons (Fsp3) is 0.632. The van der Waals surface area contributed by atoms with Crippen LogP contribution in [0.4, 0.5) is 11.4 Å². The number of nitro benzene ring substituents is 1. The normalized spacial score (nSPS) is 24.9. The lowest BCUT2D eigenvalue weighted by molar-refractivity contribution is -0.383. The highest BCUT2D eigenvalue weighted by molar-refractivity contribution is 5.83. The number of aliphatic hydroxyl groups excluding tert-OH is 4. The molecule has 2 heterocycles. The van der Waals surface area contributed by atoms with Crippen molar-refractivity contribution in [1.82, 2.24) is 9.88 Å². The first kappa shape index (κ1) is 22.4. The van der Waals surface area contributed by atoms with Gasteiger partial charge in [-0.05, 0) is 19.4 Å². The summed E-state index contributed by atoms with van der Waals surface area (Å²) in [5.41, 5.74) is 1.27. The van der Waals surface area contributed by atoms with E-state index in [4.69, 9.17) is 4.42 Å². The summed E-state index contributed by atoms with van der Waals surface area (Å²) in [4.78, 5) is 16.5. The van der Waals surface area contributed by atoms with Crippen LogP contribution in [0.2, 0.25) is 0 Å². The molecule has 1 aliphatic heterocycles. The first-order valence-electron chi connectivity index (χ1n) is 10.1. The van der Waals surface area contributed by atoms with Crippen molar-refractivity contribution in [2.45, 2.75) is 50.0 Å². The molecule has 5 N–H and O–H groups in total. The molecule has 1 aliphatic rings. The van der Waals surface area contributed by atoms with Gasteiger partial charge in [-0.15, -0.1) is 0 Å². The highest BCUT2D eigenvalue weighted by Crippen LogP contribution is 2.29. The third kappa shape index (κ3) is 5.05. The molecule has 0 radical (unpaired) electrons. The summed E-state index contributed by atoms with van der Waals surface area (Å²) in [5, 5.41) is 53.4. The fourth-order valence-corrected chi connectivity index (χ4v) is 3.84. The Morgan fingerprint density at radius 3 is 2.70 bits per heavy atom. The smallest absolute Gasteiger partial charge is 0.294 e. The van der Waals surface area contributed by atoms with E-state index in [1.165, 1.54) is 12.5 Å². The number of anilines is 1. The van der Waals surface area contributed by atoms with Crippen LogP contribution in [0.3, 0.4) is 0 Å². The van der Waals surface area contributed by atoms with E-state index in [1.807, 2.05) is 0 Å². The molecule has 0 amide bonds. The number of oxazole rings is 1. The van der Waals surface area contributed by atoms with Crippen molar-refractivity contribution in [2.75, 3.05) is 31.6 Å². The minimum Gasteiger partial charge on any atom is -0.443 e. The molecule has 0 saturated carbocycles. The van der Waals surface area contributed by atoms with Gasteiger partial charge < -0.3 is 30.2 Å².